The van der Waals surface area contributed by atoms with Gasteiger partial charge in [-0.25, -0.2) is 0 Å². The van der Waals surface area contributed by atoms with Gasteiger partial charge < -0.3 is 4.57 Å². The van der Waals surface area contributed by atoms with Crippen LogP contribution < -0.4 is 0 Å². The zero-order valence-corrected chi connectivity index (χ0v) is 14.2. The minimum atomic E-state index is 1.02. The monoisotopic (exact) mass is 352 g/mol. The van der Waals surface area contributed by atoms with Gasteiger partial charge in [-0.3, -0.25) is 4.99 Å². The number of halogens is 1. The third-order valence-corrected chi connectivity index (χ3v) is 4.11. The highest BCUT2D eigenvalue weighted by atomic mass is 79.9. The average molecular weight is 353 g/mol. The Labute approximate surface area is 139 Å². The van der Waals surface area contributed by atoms with Gasteiger partial charge in [0, 0.05) is 16.4 Å². The van der Waals surface area contributed by atoms with E-state index in [1.807, 2.05) is 30.6 Å². The van der Waals surface area contributed by atoms with E-state index in [0.717, 1.165) is 21.5 Å². The molecular weight excluding hydrogens is 336 g/mol. The largest absolute Gasteiger partial charge is 0.316 e. The Morgan fingerprint density at radius 3 is 2.55 bits per heavy atom. The van der Waals surface area contributed by atoms with E-state index >= 15 is 0 Å². The van der Waals surface area contributed by atoms with E-state index in [-0.39, 0.29) is 0 Å². The van der Waals surface area contributed by atoms with Gasteiger partial charge in [0.05, 0.1) is 17.6 Å². The molecule has 0 N–H and O–H groups in total. The molecule has 22 heavy (non-hydrogen) atoms. The highest BCUT2D eigenvalue weighted by Gasteiger charge is 2.02. The zero-order valence-electron chi connectivity index (χ0n) is 12.6. The van der Waals surface area contributed by atoms with Crippen LogP contribution >= 0.6 is 15.9 Å². The first-order valence-electron chi connectivity index (χ1n) is 7.18. The van der Waals surface area contributed by atoms with Crippen LogP contribution in [0.4, 0.5) is 5.69 Å². The van der Waals surface area contributed by atoms with Crippen LogP contribution in [0.2, 0.25) is 0 Å². The van der Waals surface area contributed by atoms with Crippen molar-refractivity contribution < 1.29 is 0 Å². The molecule has 0 radical (unpaired) electrons. The molecule has 0 amide bonds. The molecular formula is C19H17BrN2. The molecule has 0 atom stereocenters. The number of aliphatic imine (C=N–C) groups is 1. The van der Waals surface area contributed by atoms with Crippen LogP contribution in [0.1, 0.15) is 16.8 Å². The van der Waals surface area contributed by atoms with Gasteiger partial charge in [0.15, 0.2) is 0 Å². The Kier molecular flexibility index (Phi) is 4.25. The summed E-state index contributed by atoms with van der Waals surface area (Å²) < 4.78 is 3.20. The Morgan fingerprint density at radius 1 is 1.00 bits per heavy atom. The second kappa shape index (κ2) is 6.32. The maximum atomic E-state index is 4.66. The lowest BCUT2D eigenvalue weighted by atomic mass is 10.1. The molecule has 2 nitrogen and oxygen atoms in total. The second-order valence-corrected chi connectivity index (χ2v) is 6.24. The summed E-state index contributed by atoms with van der Waals surface area (Å²) in [6.45, 7) is 4.17. The molecule has 3 aromatic rings. The third kappa shape index (κ3) is 3.20. The lowest BCUT2D eigenvalue weighted by Gasteiger charge is -2.07. The van der Waals surface area contributed by atoms with Crippen LogP contribution in [0.25, 0.3) is 5.69 Å². The number of aromatic nitrogens is 1. The van der Waals surface area contributed by atoms with Crippen molar-refractivity contribution in [3.8, 4) is 5.69 Å². The molecule has 3 heteroatoms. The van der Waals surface area contributed by atoms with Gasteiger partial charge >= 0.3 is 0 Å². The number of aryl methyl sites for hydroxylation is 2. The molecule has 1 aromatic heterocycles. The minimum Gasteiger partial charge on any atom is -0.316 e. The van der Waals surface area contributed by atoms with Crippen molar-refractivity contribution in [3.05, 3.63) is 82.1 Å². The van der Waals surface area contributed by atoms with Gasteiger partial charge in [0.2, 0.25) is 0 Å². The van der Waals surface area contributed by atoms with Gasteiger partial charge in [-0.1, -0.05) is 28.1 Å². The first-order valence-corrected chi connectivity index (χ1v) is 7.97. The molecule has 1 heterocycles. The summed E-state index contributed by atoms with van der Waals surface area (Å²) in [6.07, 6.45) is 3.97. The van der Waals surface area contributed by atoms with Crippen molar-refractivity contribution in [1.82, 2.24) is 4.57 Å². The van der Waals surface area contributed by atoms with Gasteiger partial charge in [-0.15, -0.1) is 0 Å². The third-order valence-electron chi connectivity index (χ3n) is 3.59. The lowest BCUT2D eigenvalue weighted by molar-refractivity contribution is 1.07. The first kappa shape index (κ1) is 14.8. The van der Waals surface area contributed by atoms with Crippen molar-refractivity contribution in [2.75, 3.05) is 0 Å². The number of rotatable bonds is 3. The van der Waals surface area contributed by atoms with Gasteiger partial charge in [0.1, 0.15) is 0 Å². The Balaban J connectivity index is 1.94. The SMILES string of the molecule is Cc1ccc(C)c(N=Cc2cccn2-c2ccc(Br)cc2)c1. The molecule has 110 valence electrons. The van der Waals surface area contributed by atoms with E-state index < -0.39 is 0 Å². The standard InChI is InChI=1S/C19H17BrN2/c1-14-5-6-15(2)19(12-14)21-13-18-4-3-11-22(18)17-9-7-16(20)8-10-17/h3-13H,1-2H3. The second-order valence-electron chi connectivity index (χ2n) is 5.33. The van der Waals surface area contributed by atoms with Crippen LogP contribution in [-0.4, -0.2) is 10.8 Å². The summed E-state index contributed by atoms with van der Waals surface area (Å²) in [4.78, 5) is 4.66. The fourth-order valence-electron chi connectivity index (χ4n) is 2.33. The smallest absolute Gasteiger partial charge is 0.0662 e. The fourth-order valence-corrected chi connectivity index (χ4v) is 2.59. The number of nitrogens with zero attached hydrogens (tertiary/aromatic N) is 2. The maximum Gasteiger partial charge on any atom is 0.0662 e. The molecule has 0 saturated heterocycles. The summed E-state index contributed by atoms with van der Waals surface area (Å²) in [7, 11) is 0. The number of hydrogen-bond acceptors (Lipinski definition) is 1. The van der Waals surface area contributed by atoms with E-state index in [4.69, 9.17) is 0 Å². The molecule has 0 aliphatic carbocycles. The highest BCUT2D eigenvalue weighted by Crippen LogP contribution is 2.20. The van der Waals surface area contributed by atoms with E-state index in [2.05, 4.69) is 75.7 Å². The Hall–Kier alpha value is -2.13. The Morgan fingerprint density at radius 2 is 1.77 bits per heavy atom. The molecule has 0 spiro atoms. The minimum absolute atomic E-state index is 1.02. The molecule has 2 aromatic carbocycles. The van der Waals surface area contributed by atoms with Crippen molar-refractivity contribution in [2.24, 2.45) is 4.99 Å². The summed E-state index contributed by atoms with van der Waals surface area (Å²) in [5, 5.41) is 0. The summed E-state index contributed by atoms with van der Waals surface area (Å²) in [5.74, 6) is 0. The summed E-state index contributed by atoms with van der Waals surface area (Å²) >= 11 is 3.47. The van der Waals surface area contributed by atoms with E-state index in [1.54, 1.807) is 0 Å². The van der Waals surface area contributed by atoms with Crippen LogP contribution in [0.15, 0.2) is 70.3 Å². The predicted octanol–water partition coefficient (Wildman–Crippen LogP) is 5.61. The average Bonchev–Trinajstić information content (AvgIpc) is 2.97. The summed E-state index contributed by atoms with van der Waals surface area (Å²) in [5.41, 5.74) is 5.60. The number of hydrogen-bond donors (Lipinski definition) is 0. The fraction of sp³-hybridized carbons (Fsp3) is 0.105. The molecule has 0 bridgehead atoms. The molecule has 0 aliphatic heterocycles. The molecule has 0 unspecified atom stereocenters. The van der Waals surface area contributed by atoms with Gasteiger partial charge in [-0.05, 0) is 67.4 Å². The zero-order chi connectivity index (χ0) is 15.5. The van der Waals surface area contributed by atoms with Crippen LogP contribution in [0.5, 0.6) is 0 Å². The topological polar surface area (TPSA) is 17.3 Å². The van der Waals surface area contributed by atoms with Crippen LogP contribution in [0.3, 0.4) is 0 Å². The molecule has 0 fully saturated rings. The van der Waals surface area contributed by atoms with E-state index in [9.17, 15) is 0 Å². The molecule has 0 saturated carbocycles. The maximum absolute atomic E-state index is 4.66. The highest BCUT2D eigenvalue weighted by molar-refractivity contribution is 9.10. The van der Waals surface area contributed by atoms with E-state index in [0.29, 0.717) is 0 Å². The normalized spacial score (nSPS) is 11.2. The molecule has 0 aliphatic rings. The van der Waals surface area contributed by atoms with Gasteiger partial charge in [-0.2, -0.15) is 0 Å². The lowest BCUT2D eigenvalue weighted by Crippen LogP contribution is -1.97. The first-order chi connectivity index (χ1) is 10.6. The van der Waals surface area contributed by atoms with Gasteiger partial charge in [0.25, 0.3) is 0 Å². The van der Waals surface area contributed by atoms with Crippen molar-refractivity contribution in [2.45, 2.75) is 13.8 Å². The molecule has 3 rings (SSSR count). The summed E-state index contributed by atoms with van der Waals surface area (Å²) in [6, 6.07) is 18.7. The Bertz CT molecular complexity index is 814. The van der Waals surface area contributed by atoms with Crippen molar-refractivity contribution in [3.63, 3.8) is 0 Å². The van der Waals surface area contributed by atoms with Crippen molar-refractivity contribution in [1.29, 1.82) is 0 Å². The quantitative estimate of drug-likeness (QED) is 0.545. The van der Waals surface area contributed by atoms with E-state index in [1.165, 1.54) is 11.1 Å². The van der Waals surface area contributed by atoms with Crippen molar-refractivity contribution >= 4 is 27.8 Å². The van der Waals surface area contributed by atoms with Crippen LogP contribution in [-0.2, 0) is 0 Å². The van der Waals surface area contributed by atoms with Crippen LogP contribution in [0, 0.1) is 13.8 Å². The predicted molar refractivity (Wildman–Crippen MR) is 96.6 cm³/mol. The number of benzene rings is 2.